The summed E-state index contributed by atoms with van der Waals surface area (Å²) in [5, 5.41) is 13.6. The lowest BCUT2D eigenvalue weighted by Crippen LogP contribution is -2.30. The average Bonchev–Trinajstić information content (AvgIpc) is 2.98. The highest BCUT2D eigenvalue weighted by Crippen LogP contribution is 2.19. The Morgan fingerprint density at radius 3 is 2.76 bits per heavy atom. The first kappa shape index (κ1) is 15.4. The second-order valence-corrected chi connectivity index (χ2v) is 5.02. The molecule has 0 unspecified atom stereocenters. The van der Waals surface area contributed by atoms with Gasteiger partial charge in [-0.05, 0) is 12.8 Å². The summed E-state index contributed by atoms with van der Waals surface area (Å²) in [5.41, 5.74) is -0.291. The highest BCUT2D eigenvalue weighted by molar-refractivity contribution is 5.76. The van der Waals surface area contributed by atoms with E-state index in [2.05, 4.69) is 5.32 Å². The van der Waals surface area contributed by atoms with Crippen LogP contribution in [-0.2, 0) is 11.3 Å². The van der Waals surface area contributed by atoms with Crippen LogP contribution in [0.4, 0.5) is 10.1 Å². The molecular formula is C14H18FN3O3. The van der Waals surface area contributed by atoms with E-state index < -0.39 is 16.4 Å². The van der Waals surface area contributed by atoms with E-state index in [1.165, 1.54) is 12.1 Å². The molecule has 0 spiro atoms. The molecule has 1 amide bonds. The highest BCUT2D eigenvalue weighted by atomic mass is 19.1. The van der Waals surface area contributed by atoms with E-state index in [1.807, 2.05) is 4.90 Å². The Labute approximate surface area is 122 Å². The predicted octanol–water partition coefficient (Wildman–Crippen LogP) is 1.84. The largest absolute Gasteiger partial charge is 0.343 e. The van der Waals surface area contributed by atoms with Gasteiger partial charge in [0.2, 0.25) is 11.7 Å². The zero-order valence-electron chi connectivity index (χ0n) is 11.7. The SMILES string of the molecule is O=C(CCNCc1cccc([N+](=O)[O-])c1F)N1CCCC1. The molecule has 1 aliphatic heterocycles. The highest BCUT2D eigenvalue weighted by Gasteiger charge is 2.18. The van der Waals surface area contributed by atoms with E-state index in [9.17, 15) is 19.3 Å². The minimum absolute atomic E-state index is 0.0968. The molecule has 7 heteroatoms. The Morgan fingerprint density at radius 1 is 1.38 bits per heavy atom. The van der Waals surface area contributed by atoms with Crippen LogP contribution in [0.5, 0.6) is 0 Å². The monoisotopic (exact) mass is 295 g/mol. The number of benzene rings is 1. The molecular weight excluding hydrogens is 277 g/mol. The predicted molar refractivity (Wildman–Crippen MR) is 75.2 cm³/mol. The van der Waals surface area contributed by atoms with E-state index in [0.717, 1.165) is 32.0 Å². The quantitative estimate of drug-likeness (QED) is 0.493. The number of nitrogens with one attached hydrogen (secondary N) is 1. The lowest BCUT2D eigenvalue weighted by molar-refractivity contribution is -0.387. The normalized spacial score (nSPS) is 14.4. The number of hydrogen-bond donors (Lipinski definition) is 1. The number of nitrogens with zero attached hydrogens (tertiary/aromatic N) is 2. The van der Waals surface area contributed by atoms with Crippen molar-refractivity contribution in [1.82, 2.24) is 10.2 Å². The van der Waals surface area contributed by atoms with Crippen LogP contribution in [-0.4, -0.2) is 35.4 Å². The number of nitro benzene ring substituents is 1. The van der Waals surface area contributed by atoms with Gasteiger partial charge in [-0.15, -0.1) is 0 Å². The minimum atomic E-state index is -0.819. The molecule has 1 aromatic carbocycles. The molecule has 1 N–H and O–H groups in total. The third-order valence-electron chi connectivity index (χ3n) is 3.54. The van der Waals surface area contributed by atoms with Crippen molar-refractivity contribution in [2.75, 3.05) is 19.6 Å². The van der Waals surface area contributed by atoms with Gasteiger partial charge in [-0.3, -0.25) is 14.9 Å². The van der Waals surface area contributed by atoms with Crippen molar-refractivity contribution in [1.29, 1.82) is 0 Å². The lowest BCUT2D eigenvalue weighted by atomic mass is 10.2. The minimum Gasteiger partial charge on any atom is -0.343 e. The second kappa shape index (κ2) is 7.12. The third-order valence-corrected chi connectivity index (χ3v) is 3.54. The van der Waals surface area contributed by atoms with Crippen LogP contribution in [0.15, 0.2) is 18.2 Å². The van der Waals surface area contributed by atoms with E-state index in [0.29, 0.717) is 13.0 Å². The van der Waals surface area contributed by atoms with E-state index in [4.69, 9.17) is 0 Å². The first-order valence-corrected chi connectivity index (χ1v) is 7.00. The maximum absolute atomic E-state index is 13.8. The molecule has 6 nitrogen and oxygen atoms in total. The van der Waals surface area contributed by atoms with E-state index in [1.54, 1.807) is 0 Å². The molecule has 0 bridgehead atoms. The fourth-order valence-electron chi connectivity index (χ4n) is 2.39. The van der Waals surface area contributed by atoms with E-state index in [-0.39, 0.29) is 18.0 Å². The van der Waals surface area contributed by atoms with Gasteiger partial charge in [-0.1, -0.05) is 12.1 Å². The van der Waals surface area contributed by atoms with Crippen molar-refractivity contribution in [3.05, 3.63) is 39.7 Å². The molecule has 2 rings (SSSR count). The standard InChI is InChI=1S/C14H18FN3O3/c15-14-11(4-3-5-12(14)18(20)21)10-16-7-6-13(19)17-8-1-2-9-17/h3-5,16H,1-2,6-10H2. The van der Waals surface area contributed by atoms with Gasteiger partial charge in [0, 0.05) is 44.2 Å². The molecule has 1 aromatic rings. The molecule has 0 radical (unpaired) electrons. The van der Waals surface area contributed by atoms with Gasteiger partial charge in [-0.25, -0.2) is 0 Å². The van der Waals surface area contributed by atoms with Crippen LogP contribution in [0.25, 0.3) is 0 Å². The van der Waals surface area contributed by atoms with Crippen molar-refractivity contribution in [3.63, 3.8) is 0 Å². The maximum atomic E-state index is 13.8. The van der Waals surface area contributed by atoms with Crippen molar-refractivity contribution >= 4 is 11.6 Å². The number of amides is 1. The molecule has 1 saturated heterocycles. The Bertz CT molecular complexity index is 530. The first-order valence-electron chi connectivity index (χ1n) is 7.00. The van der Waals surface area contributed by atoms with Crippen LogP contribution < -0.4 is 5.32 Å². The van der Waals surface area contributed by atoms with Crippen molar-refractivity contribution in [3.8, 4) is 0 Å². The van der Waals surface area contributed by atoms with Crippen LogP contribution in [0, 0.1) is 15.9 Å². The lowest BCUT2D eigenvalue weighted by Gasteiger charge is -2.15. The second-order valence-electron chi connectivity index (χ2n) is 5.02. The summed E-state index contributed by atoms with van der Waals surface area (Å²) in [7, 11) is 0. The molecule has 1 aliphatic rings. The van der Waals surface area contributed by atoms with Gasteiger partial charge >= 0.3 is 5.69 Å². The summed E-state index contributed by atoms with van der Waals surface area (Å²) < 4.78 is 13.8. The maximum Gasteiger partial charge on any atom is 0.305 e. The molecule has 114 valence electrons. The van der Waals surface area contributed by atoms with Crippen LogP contribution in [0.1, 0.15) is 24.8 Å². The van der Waals surface area contributed by atoms with Gasteiger partial charge in [-0.2, -0.15) is 4.39 Å². The first-order chi connectivity index (χ1) is 10.1. The summed E-state index contributed by atoms with van der Waals surface area (Å²) in [6.45, 7) is 2.23. The number of rotatable bonds is 6. The number of hydrogen-bond acceptors (Lipinski definition) is 4. The van der Waals surface area contributed by atoms with Crippen LogP contribution in [0.2, 0.25) is 0 Å². The third kappa shape index (κ3) is 3.98. The van der Waals surface area contributed by atoms with Gasteiger partial charge in [0.05, 0.1) is 4.92 Å². The van der Waals surface area contributed by atoms with Gasteiger partial charge in [0.1, 0.15) is 0 Å². The fourth-order valence-corrected chi connectivity index (χ4v) is 2.39. The smallest absolute Gasteiger partial charge is 0.305 e. The Hall–Kier alpha value is -2.02. The van der Waals surface area contributed by atoms with Gasteiger partial charge in [0.25, 0.3) is 0 Å². The molecule has 0 aromatic heterocycles. The number of carbonyl (C=O) groups is 1. The number of halogens is 1. The summed E-state index contributed by atoms with van der Waals surface area (Å²) in [6, 6.07) is 4.08. The molecule has 0 saturated carbocycles. The summed E-state index contributed by atoms with van der Waals surface area (Å²) in [5.74, 6) is -0.722. The Morgan fingerprint density at radius 2 is 2.10 bits per heavy atom. The van der Waals surface area contributed by atoms with E-state index >= 15 is 0 Å². The number of likely N-dealkylation sites (tertiary alicyclic amines) is 1. The molecule has 0 atom stereocenters. The molecule has 1 heterocycles. The van der Waals surface area contributed by atoms with Crippen LogP contribution >= 0.6 is 0 Å². The van der Waals surface area contributed by atoms with Crippen molar-refractivity contribution < 1.29 is 14.1 Å². The summed E-state index contributed by atoms with van der Waals surface area (Å²) in [6.07, 6.45) is 2.46. The van der Waals surface area contributed by atoms with Crippen molar-refractivity contribution in [2.24, 2.45) is 0 Å². The summed E-state index contributed by atoms with van der Waals surface area (Å²) in [4.78, 5) is 23.5. The number of carbonyl (C=O) groups excluding carboxylic acids is 1. The Balaban J connectivity index is 1.79. The van der Waals surface area contributed by atoms with Crippen LogP contribution in [0.3, 0.4) is 0 Å². The zero-order valence-corrected chi connectivity index (χ0v) is 11.7. The fraction of sp³-hybridized carbons (Fsp3) is 0.500. The molecule has 0 aliphatic carbocycles. The van der Waals surface area contributed by atoms with Gasteiger partial charge in [0.15, 0.2) is 0 Å². The van der Waals surface area contributed by atoms with Crippen molar-refractivity contribution in [2.45, 2.75) is 25.8 Å². The zero-order chi connectivity index (χ0) is 15.2. The molecule has 21 heavy (non-hydrogen) atoms. The summed E-state index contributed by atoms with van der Waals surface area (Å²) >= 11 is 0. The number of nitro groups is 1. The molecule has 1 fully saturated rings. The van der Waals surface area contributed by atoms with Gasteiger partial charge < -0.3 is 10.2 Å². The average molecular weight is 295 g/mol. The topological polar surface area (TPSA) is 75.5 Å². The Kier molecular flexibility index (Phi) is 5.21.